The Kier molecular flexibility index (Phi) is 5.00. The van der Waals surface area contributed by atoms with Crippen LogP contribution in [0.2, 0.25) is 0 Å². The normalized spacial score (nSPS) is 22.2. The summed E-state index contributed by atoms with van der Waals surface area (Å²) in [5.74, 6) is 0.474. The molecule has 2 atom stereocenters. The van der Waals surface area contributed by atoms with E-state index in [-0.39, 0.29) is 16.8 Å². The van der Waals surface area contributed by atoms with E-state index in [2.05, 4.69) is 17.0 Å². The highest BCUT2D eigenvalue weighted by atomic mass is 32.2. The molecular formula is C15H22N2O3S. The third-order valence-corrected chi connectivity index (χ3v) is 5.33. The molecule has 6 heteroatoms. The molecule has 1 aliphatic rings. The number of hydrogen-bond donors (Lipinski definition) is 2. The summed E-state index contributed by atoms with van der Waals surface area (Å²) in [6, 6.07) is 6.66. The van der Waals surface area contributed by atoms with Gasteiger partial charge in [-0.15, -0.1) is 0 Å². The van der Waals surface area contributed by atoms with Crippen molar-refractivity contribution in [3.8, 4) is 0 Å². The highest BCUT2D eigenvalue weighted by Gasteiger charge is 2.26. The van der Waals surface area contributed by atoms with E-state index in [0.717, 1.165) is 24.8 Å². The number of benzene rings is 1. The average Bonchev–Trinajstić information content (AvgIpc) is 2.81. The number of sulfonamides is 1. The smallest absolute Gasteiger partial charge is 0.240 e. The zero-order chi connectivity index (χ0) is 15.5. The van der Waals surface area contributed by atoms with Crippen molar-refractivity contribution in [3.05, 3.63) is 29.8 Å². The zero-order valence-electron chi connectivity index (χ0n) is 12.4. The molecule has 0 radical (unpaired) electrons. The van der Waals surface area contributed by atoms with Gasteiger partial charge in [-0.05, 0) is 42.9 Å². The first-order valence-electron chi connectivity index (χ1n) is 7.22. The lowest BCUT2D eigenvalue weighted by Gasteiger charge is -2.13. The topological polar surface area (TPSA) is 75.3 Å². The Hall–Kier alpha value is -1.40. The Labute approximate surface area is 126 Å². The fourth-order valence-electron chi connectivity index (χ4n) is 2.61. The van der Waals surface area contributed by atoms with Gasteiger partial charge in [0.1, 0.15) is 0 Å². The summed E-state index contributed by atoms with van der Waals surface area (Å²) in [6.07, 6.45) is 2.88. The predicted molar refractivity (Wildman–Crippen MR) is 81.1 cm³/mol. The van der Waals surface area contributed by atoms with Crippen LogP contribution in [-0.4, -0.2) is 20.4 Å². The Morgan fingerprint density at radius 3 is 2.43 bits per heavy atom. The maximum absolute atomic E-state index is 12.3. The second-order valence-electron chi connectivity index (χ2n) is 5.79. The van der Waals surface area contributed by atoms with Gasteiger partial charge in [-0.2, -0.15) is 0 Å². The molecule has 1 amide bonds. The largest absolute Gasteiger partial charge is 0.352 e. The fourth-order valence-corrected chi connectivity index (χ4v) is 3.90. The number of carbonyl (C=O) groups excluding carboxylic acids is 1. The maximum atomic E-state index is 12.3. The summed E-state index contributed by atoms with van der Waals surface area (Å²) in [5, 5.41) is 2.68. The number of hydrogen-bond acceptors (Lipinski definition) is 3. The van der Waals surface area contributed by atoms with Crippen LogP contribution in [0.4, 0.5) is 0 Å². The van der Waals surface area contributed by atoms with Crippen molar-refractivity contribution in [2.75, 3.05) is 0 Å². The van der Waals surface area contributed by atoms with E-state index in [1.165, 1.54) is 6.92 Å². The minimum Gasteiger partial charge on any atom is -0.352 e. The summed E-state index contributed by atoms with van der Waals surface area (Å²) in [5.41, 5.74) is 0.874. The van der Waals surface area contributed by atoms with Crippen molar-refractivity contribution >= 4 is 15.9 Å². The molecule has 116 valence electrons. The molecular weight excluding hydrogens is 288 g/mol. The summed E-state index contributed by atoms with van der Waals surface area (Å²) in [7, 11) is -3.45. The van der Waals surface area contributed by atoms with Gasteiger partial charge in [-0.3, -0.25) is 4.79 Å². The molecule has 0 aliphatic heterocycles. The van der Waals surface area contributed by atoms with Crippen LogP contribution < -0.4 is 10.0 Å². The molecule has 1 fully saturated rings. The average molecular weight is 310 g/mol. The predicted octanol–water partition coefficient (Wildman–Crippen LogP) is 1.79. The molecule has 0 spiro atoms. The van der Waals surface area contributed by atoms with Crippen molar-refractivity contribution in [1.29, 1.82) is 0 Å². The Bertz CT molecular complexity index is 596. The van der Waals surface area contributed by atoms with Crippen molar-refractivity contribution in [2.24, 2.45) is 5.92 Å². The Morgan fingerprint density at radius 2 is 1.90 bits per heavy atom. The summed E-state index contributed by atoms with van der Waals surface area (Å²) in [6.45, 7) is 4.00. The summed E-state index contributed by atoms with van der Waals surface area (Å²) >= 11 is 0. The molecule has 1 aliphatic carbocycles. The van der Waals surface area contributed by atoms with Gasteiger partial charge >= 0.3 is 0 Å². The number of nitrogens with one attached hydrogen (secondary N) is 2. The van der Waals surface area contributed by atoms with Gasteiger partial charge in [0, 0.05) is 19.5 Å². The molecule has 0 bridgehead atoms. The van der Waals surface area contributed by atoms with E-state index in [4.69, 9.17) is 0 Å². The van der Waals surface area contributed by atoms with E-state index in [0.29, 0.717) is 12.5 Å². The molecule has 5 nitrogen and oxygen atoms in total. The van der Waals surface area contributed by atoms with Gasteiger partial charge < -0.3 is 5.32 Å². The SMILES string of the molecule is CC(=O)NCc1ccc(S(=O)(=O)NC2CCC(C)C2)cc1. The molecule has 21 heavy (non-hydrogen) atoms. The van der Waals surface area contributed by atoms with E-state index in [1.54, 1.807) is 24.3 Å². The summed E-state index contributed by atoms with van der Waals surface area (Å²) < 4.78 is 27.4. The van der Waals surface area contributed by atoms with E-state index < -0.39 is 10.0 Å². The monoisotopic (exact) mass is 310 g/mol. The highest BCUT2D eigenvalue weighted by molar-refractivity contribution is 7.89. The zero-order valence-corrected chi connectivity index (χ0v) is 13.2. The van der Waals surface area contributed by atoms with Crippen molar-refractivity contribution < 1.29 is 13.2 Å². The Morgan fingerprint density at radius 1 is 1.24 bits per heavy atom. The fraction of sp³-hybridized carbons (Fsp3) is 0.533. The number of rotatable bonds is 5. The van der Waals surface area contributed by atoms with Gasteiger partial charge in [0.25, 0.3) is 0 Å². The van der Waals surface area contributed by atoms with Crippen molar-refractivity contribution in [1.82, 2.24) is 10.0 Å². The lowest BCUT2D eigenvalue weighted by molar-refractivity contribution is -0.119. The molecule has 1 aromatic carbocycles. The van der Waals surface area contributed by atoms with Gasteiger partial charge in [0.2, 0.25) is 15.9 Å². The number of carbonyl (C=O) groups is 1. The third kappa shape index (κ3) is 4.54. The molecule has 0 aromatic heterocycles. The lowest BCUT2D eigenvalue weighted by Crippen LogP contribution is -2.32. The van der Waals surface area contributed by atoms with Crippen LogP contribution >= 0.6 is 0 Å². The van der Waals surface area contributed by atoms with Crippen LogP contribution in [0.5, 0.6) is 0 Å². The van der Waals surface area contributed by atoms with E-state index in [1.807, 2.05) is 0 Å². The standard InChI is InChI=1S/C15H22N2O3S/c1-11-3-6-14(9-11)17-21(19,20)15-7-4-13(5-8-15)10-16-12(2)18/h4-5,7-8,11,14,17H,3,6,9-10H2,1-2H3,(H,16,18). The maximum Gasteiger partial charge on any atom is 0.240 e. The van der Waals surface area contributed by atoms with E-state index in [9.17, 15) is 13.2 Å². The molecule has 1 aromatic rings. The molecule has 2 rings (SSSR count). The van der Waals surface area contributed by atoms with Gasteiger partial charge in [0.05, 0.1) is 4.90 Å². The van der Waals surface area contributed by atoms with Crippen LogP contribution in [0, 0.1) is 5.92 Å². The van der Waals surface area contributed by atoms with Crippen LogP contribution in [0.3, 0.4) is 0 Å². The Balaban J connectivity index is 2.01. The van der Waals surface area contributed by atoms with E-state index >= 15 is 0 Å². The highest BCUT2D eigenvalue weighted by Crippen LogP contribution is 2.26. The molecule has 2 unspecified atom stereocenters. The second-order valence-corrected chi connectivity index (χ2v) is 7.50. The molecule has 0 saturated heterocycles. The first kappa shape index (κ1) is 16.0. The number of amides is 1. The first-order chi connectivity index (χ1) is 9.87. The minimum atomic E-state index is -3.45. The van der Waals surface area contributed by atoms with Gasteiger partial charge in [-0.25, -0.2) is 13.1 Å². The first-order valence-corrected chi connectivity index (χ1v) is 8.71. The summed E-state index contributed by atoms with van der Waals surface area (Å²) in [4.78, 5) is 11.1. The molecule has 2 N–H and O–H groups in total. The van der Waals surface area contributed by atoms with Gasteiger partial charge in [0.15, 0.2) is 0 Å². The van der Waals surface area contributed by atoms with Crippen LogP contribution in [0.15, 0.2) is 29.2 Å². The molecule has 0 heterocycles. The minimum absolute atomic E-state index is 0.0454. The van der Waals surface area contributed by atoms with Crippen LogP contribution in [0.1, 0.15) is 38.7 Å². The second kappa shape index (κ2) is 6.58. The van der Waals surface area contributed by atoms with Gasteiger partial charge in [-0.1, -0.05) is 19.1 Å². The quantitative estimate of drug-likeness (QED) is 0.870. The van der Waals surface area contributed by atoms with Crippen molar-refractivity contribution in [3.63, 3.8) is 0 Å². The van der Waals surface area contributed by atoms with Crippen LogP contribution in [0.25, 0.3) is 0 Å². The molecule has 1 saturated carbocycles. The van der Waals surface area contributed by atoms with Crippen molar-refractivity contribution in [2.45, 2.75) is 50.6 Å². The van der Waals surface area contributed by atoms with Crippen LogP contribution in [-0.2, 0) is 21.4 Å². The lowest BCUT2D eigenvalue weighted by atomic mass is 10.1. The third-order valence-electron chi connectivity index (χ3n) is 3.79.